The molecule has 1 aliphatic carbocycles. The average Bonchev–Trinajstić information content (AvgIpc) is 2.79. The maximum absolute atomic E-state index is 10.7. The van der Waals surface area contributed by atoms with Crippen LogP contribution in [0, 0.1) is 0 Å². The Morgan fingerprint density at radius 2 is 1.52 bits per heavy atom. The maximum Gasteiger partial charge on any atom is 0.187 e. The van der Waals surface area contributed by atoms with Gasteiger partial charge in [0.25, 0.3) is 0 Å². The molecular weight excluding hydrogens is 450 g/mol. The van der Waals surface area contributed by atoms with Crippen LogP contribution in [0.5, 0.6) is 0 Å². The molecule has 14 heteroatoms. The minimum Gasteiger partial charge on any atom is -0.394 e. The topological polar surface area (TPSA) is 242 Å². The molecule has 11 N–H and O–H groups in total. The summed E-state index contributed by atoms with van der Waals surface area (Å²) in [6, 6.07) is -2.02. The van der Waals surface area contributed by atoms with E-state index in [1.807, 2.05) is 0 Å². The Kier molecular flexibility index (Phi) is 8.80. The van der Waals surface area contributed by atoms with Crippen LogP contribution in [-0.4, -0.2) is 150 Å². The molecule has 0 amide bonds. The van der Waals surface area contributed by atoms with Gasteiger partial charge in [0, 0.05) is 0 Å². The molecule has 14 atom stereocenters. The Morgan fingerprint density at radius 1 is 0.848 bits per heavy atom. The van der Waals surface area contributed by atoms with Crippen molar-refractivity contribution >= 4 is 0 Å². The summed E-state index contributed by atoms with van der Waals surface area (Å²) in [7, 11) is 0. The monoisotopic (exact) mass is 483 g/mol. The van der Waals surface area contributed by atoms with Crippen LogP contribution in [0.2, 0.25) is 0 Å². The Labute approximate surface area is 188 Å². The summed E-state index contributed by atoms with van der Waals surface area (Å²) in [6.45, 7) is 0.249. The summed E-state index contributed by atoms with van der Waals surface area (Å²) < 4.78 is 16.1. The Morgan fingerprint density at radius 3 is 2.12 bits per heavy atom. The molecule has 192 valence electrons. The highest BCUT2D eigenvalue weighted by Gasteiger charge is 2.50. The molecule has 33 heavy (non-hydrogen) atoms. The molecule has 14 nitrogen and oxygen atoms in total. The molecule has 0 spiro atoms. The highest BCUT2D eigenvalue weighted by atomic mass is 16.7. The van der Waals surface area contributed by atoms with Gasteiger partial charge in [0.15, 0.2) is 12.6 Å². The van der Waals surface area contributed by atoms with Gasteiger partial charge in [-0.15, -0.1) is 0 Å². The van der Waals surface area contributed by atoms with Gasteiger partial charge in [-0.3, -0.25) is 0 Å². The first-order valence-corrected chi connectivity index (χ1v) is 10.6. The van der Waals surface area contributed by atoms with E-state index < -0.39 is 98.9 Å². The SMILES string of the molecule is C[C@@H]1O[C@@H](O[C@@H]2[C@@H](O)[C@H](O)[C@H](O)O[C@H]2CO)[C@@H](O)[C@H](O)[C@H]1N[C@@H]1C=C(CO)[C@H](O)[C@@H](O)[C@@H]1O. The minimum atomic E-state index is -1.76. The van der Waals surface area contributed by atoms with Crippen LogP contribution in [0.4, 0.5) is 0 Å². The second kappa shape index (κ2) is 10.8. The molecular formula is C19H33NO13. The van der Waals surface area contributed by atoms with E-state index in [2.05, 4.69) is 5.32 Å². The van der Waals surface area contributed by atoms with Crippen molar-refractivity contribution in [3.8, 4) is 0 Å². The number of rotatable bonds is 6. The van der Waals surface area contributed by atoms with Crippen LogP contribution < -0.4 is 5.32 Å². The molecule has 3 aliphatic rings. The van der Waals surface area contributed by atoms with Crippen LogP contribution in [0.25, 0.3) is 0 Å². The van der Waals surface area contributed by atoms with Gasteiger partial charge >= 0.3 is 0 Å². The van der Waals surface area contributed by atoms with Gasteiger partial charge in [-0.2, -0.15) is 0 Å². The zero-order valence-corrected chi connectivity index (χ0v) is 17.8. The van der Waals surface area contributed by atoms with Crippen molar-refractivity contribution in [1.82, 2.24) is 5.32 Å². The van der Waals surface area contributed by atoms with Crippen LogP contribution in [0.1, 0.15) is 6.92 Å². The van der Waals surface area contributed by atoms with Crippen LogP contribution in [0.3, 0.4) is 0 Å². The number of nitrogens with one attached hydrogen (secondary N) is 1. The van der Waals surface area contributed by atoms with Crippen LogP contribution in [-0.2, 0) is 14.2 Å². The van der Waals surface area contributed by atoms with Crippen molar-refractivity contribution in [2.45, 2.75) is 92.6 Å². The average molecular weight is 483 g/mol. The molecule has 2 heterocycles. The number of hydrogen-bond donors (Lipinski definition) is 11. The molecule has 2 fully saturated rings. The van der Waals surface area contributed by atoms with E-state index in [1.165, 1.54) is 13.0 Å². The molecule has 0 unspecified atom stereocenters. The highest BCUT2D eigenvalue weighted by Crippen LogP contribution is 2.29. The normalized spacial score (nSPS) is 51.3. The predicted octanol–water partition coefficient (Wildman–Crippen LogP) is -6.39. The molecule has 0 aromatic rings. The lowest BCUT2D eigenvalue weighted by Crippen LogP contribution is -2.68. The van der Waals surface area contributed by atoms with Gasteiger partial charge in [0.1, 0.15) is 54.9 Å². The smallest absolute Gasteiger partial charge is 0.187 e. The molecule has 2 aliphatic heterocycles. The van der Waals surface area contributed by atoms with Crippen molar-refractivity contribution in [2.24, 2.45) is 0 Å². The van der Waals surface area contributed by atoms with E-state index >= 15 is 0 Å². The lowest BCUT2D eigenvalue weighted by Gasteiger charge is -2.47. The third-order valence-corrected chi connectivity index (χ3v) is 6.36. The lowest BCUT2D eigenvalue weighted by molar-refractivity contribution is -0.345. The lowest BCUT2D eigenvalue weighted by atomic mass is 9.86. The van der Waals surface area contributed by atoms with Gasteiger partial charge in [0.05, 0.1) is 31.4 Å². The van der Waals surface area contributed by atoms with E-state index in [9.17, 15) is 51.1 Å². The Hall–Kier alpha value is -0.820. The third kappa shape index (κ3) is 5.24. The zero-order valence-electron chi connectivity index (χ0n) is 17.8. The Bertz CT molecular complexity index is 680. The molecule has 0 aromatic carbocycles. The molecule has 0 saturated carbocycles. The number of aliphatic hydroxyl groups is 10. The van der Waals surface area contributed by atoms with Crippen molar-refractivity contribution in [3.63, 3.8) is 0 Å². The fourth-order valence-corrected chi connectivity index (χ4v) is 4.33. The maximum atomic E-state index is 10.7. The summed E-state index contributed by atoms with van der Waals surface area (Å²) in [6.07, 6.45) is -16.8. The van der Waals surface area contributed by atoms with Crippen LogP contribution >= 0.6 is 0 Å². The van der Waals surface area contributed by atoms with E-state index in [-0.39, 0.29) is 5.57 Å². The second-order valence-electron chi connectivity index (χ2n) is 8.56. The van der Waals surface area contributed by atoms with Crippen molar-refractivity contribution < 1.29 is 65.3 Å². The van der Waals surface area contributed by atoms with Crippen molar-refractivity contribution in [2.75, 3.05) is 13.2 Å². The van der Waals surface area contributed by atoms with E-state index in [4.69, 9.17) is 14.2 Å². The number of aliphatic hydroxyl groups excluding tert-OH is 10. The Balaban J connectivity index is 1.71. The standard InChI is InChI=1S/C19H33NO13/c1-5-9(20-7-2-6(3-21)10(23)13(26)11(7)24)12(25)16(29)19(31-5)33-17-8(4-22)32-18(30)15(28)14(17)27/h2,5,7-30H,3-4H2,1H3/t5-,7+,8-,9-,10-,11+,12+,13+,14-,15-,16-,17-,18+,19-/m0/s1. The summed E-state index contributed by atoms with van der Waals surface area (Å²) in [5.74, 6) is 0. The van der Waals surface area contributed by atoms with E-state index in [0.29, 0.717) is 0 Å². The van der Waals surface area contributed by atoms with Crippen LogP contribution in [0.15, 0.2) is 11.6 Å². The second-order valence-corrected chi connectivity index (χ2v) is 8.56. The van der Waals surface area contributed by atoms with Crippen molar-refractivity contribution in [1.29, 1.82) is 0 Å². The van der Waals surface area contributed by atoms with Gasteiger partial charge < -0.3 is 70.6 Å². The predicted molar refractivity (Wildman–Crippen MR) is 105 cm³/mol. The quantitative estimate of drug-likeness (QED) is 0.157. The van der Waals surface area contributed by atoms with E-state index in [0.717, 1.165) is 0 Å². The zero-order chi connectivity index (χ0) is 24.6. The first kappa shape index (κ1) is 26.8. The fraction of sp³-hybridized carbons (Fsp3) is 0.895. The van der Waals surface area contributed by atoms with Crippen molar-refractivity contribution in [3.05, 3.63) is 11.6 Å². The largest absolute Gasteiger partial charge is 0.394 e. The summed E-state index contributed by atoms with van der Waals surface area (Å²) in [5.41, 5.74) is 0.0630. The fourth-order valence-electron chi connectivity index (χ4n) is 4.33. The summed E-state index contributed by atoms with van der Waals surface area (Å²) >= 11 is 0. The summed E-state index contributed by atoms with van der Waals surface area (Å²) in [5, 5.41) is 103. The number of hydrogen-bond acceptors (Lipinski definition) is 14. The van der Waals surface area contributed by atoms with E-state index in [1.54, 1.807) is 0 Å². The molecule has 0 bridgehead atoms. The minimum absolute atomic E-state index is 0.0630. The first-order valence-electron chi connectivity index (χ1n) is 10.6. The molecule has 3 rings (SSSR count). The summed E-state index contributed by atoms with van der Waals surface area (Å²) in [4.78, 5) is 0. The van der Waals surface area contributed by atoms with Gasteiger partial charge in [-0.1, -0.05) is 6.08 Å². The third-order valence-electron chi connectivity index (χ3n) is 6.36. The highest BCUT2D eigenvalue weighted by molar-refractivity contribution is 5.22. The first-order chi connectivity index (χ1) is 15.5. The molecule has 2 saturated heterocycles. The van der Waals surface area contributed by atoms with Gasteiger partial charge in [-0.25, -0.2) is 0 Å². The van der Waals surface area contributed by atoms with Gasteiger partial charge in [0.2, 0.25) is 0 Å². The molecule has 0 radical (unpaired) electrons. The molecule has 0 aromatic heterocycles. The number of ether oxygens (including phenoxy) is 3. The van der Waals surface area contributed by atoms with Gasteiger partial charge in [-0.05, 0) is 12.5 Å².